The van der Waals surface area contributed by atoms with Gasteiger partial charge < -0.3 is 10.2 Å². The van der Waals surface area contributed by atoms with Crippen molar-refractivity contribution < 1.29 is 0 Å². The molecule has 1 aliphatic heterocycles. The fourth-order valence-electron chi connectivity index (χ4n) is 1.90. The molecule has 0 aromatic carbocycles. The first kappa shape index (κ1) is 15.6. The Bertz CT molecular complexity index is 150. The molecule has 0 amide bonds. The molecule has 4 heteroatoms. The summed E-state index contributed by atoms with van der Waals surface area (Å²) in [6, 6.07) is 1.48. The van der Waals surface area contributed by atoms with Gasteiger partial charge in [-0.15, -0.1) is 12.4 Å². The van der Waals surface area contributed by atoms with E-state index in [1.807, 2.05) is 0 Å². The molecule has 1 unspecified atom stereocenters. The summed E-state index contributed by atoms with van der Waals surface area (Å²) in [7, 11) is 4.35. The van der Waals surface area contributed by atoms with E-state index in [0.29, 0.717) is 6.04 Å². The zero-order valence-corrected chi connectivity index (χ0v) is 11.8. The van der Waals surface area contributed by atoms with Gasteiger partial charge in [0.15, 0.2) is 0 Å². The van der Waals surface area contributed by atoms with E-state index in [0.717, 1.165) is 12.6 Å². The van der Waals surface area contributed by atoms with Gasteiger partial charge in [-0.25, -0.2) is 0 Å². The molecule has 1 rings (SSSR count). The summed E-state index contributed by atoms with van der Waals surface area (Å²) < 4.78 is 0. The van der Waals surface area contributed by atoms with Crippen molar-refractivity contribution in [2.45, 2.75) is 38.3 Å². The van der Waals surface area contributed by atoms with Crippen LogP contribution in [0.4, 0.5) is 0 Å². The van der Waals surface area contributed by atoms with Gasteiger partial charge in [-0.2, -0.15) is 11.8 Å². The Kier molecular flexibility index (Phi) is 9.01. The number of hydrogen-bond acceptors (Lipinski definition) is 3. The van der Waals surface area contributed by atoms with Gasteiger partial charge in [-0.1, -0.05) is 6.92 Å². The average molecular weight is 253 g/mol. The van der Waals surface area contributed by atoms with Gasteiger partial charge >= 0.3 is 0 Å². The molecule has 1 N–H and O–H groups in total. The Hall–Kier alpha value is 0.560. The smallest absolute Gasteiger partial charge is 0.0212 e. The van der Waals surface area contributed by atoms with Crippen LogP contribution in [0.1, 0.15) is 26.2 Å². The third kappa shape index (κ3) is 6.00. The molecular formula is C11H25ClN2S. The number of nitrogens with one attached hydrogen (secondary N) is 1. The zero-order valence-electron chi connectivity index (χ0n) is 10.2. The lowest BCUT2D eigenvalue weighted by Gasteiger charge is -2.28. The van der Waals surface area contributed by atoms with E-state index in [-0.39, 0.29) is 12.4 Å². The Labute approximate surface area is 105 Å². The highest BCUT2D eigenvalue weighted by Gasteiger charge is 2.15. The second kappa shape index (κ2) is 8.68. The molecule has 0 bridgehead atoms. The van der Waals surface area contributed by atoms with Crippen molar-refractivity contribution in [1.82, 2.24) is 10.2 Å². The first-order valence-corrected chi connectivity index (χ1v) is 6.87. The second-order valence-corrected chi connectivity index (χ2v) is 5.55. The molecule has 15 heavy (non-hydrogen) atoms. The number of nitrogens with zero attached hydrogens (tertiary/aromatic N) is 1. The van der Waals surface area contributed by atoms with Crippen LogP contribution >= 0.6 is 24.2 Å². The fourth-order valence-corrected chi connectivity index (χ4v) is 3.00. The maximum Gasteiger partial charge on any atom is 0.0212 e. The molecule has 0 saturated carbocycles. The Morgan fingerprint density at radius 1 is 1.33 bits per heavy atom. The summed E-state index contributed by atoms with van der Waals surface area (Å²) in [5.41, 5.74) is 0. The summed E-state index contributed by atoms with van der Waals surface area (Å²) in [6.07, 6.45) is 3.95. The van der Waals surface area contributed by atoms with Crippen molar-refractivity contribution >= 4 is 24.2 Å². The maximum absolute atomic E-state index is 3.70. The minimum atomic E-state index is 0. The maximum atomic E-state index is 3.70. The lowest BCUT2D eigenvalue weighted by Crippen LogP contribution is -2.42. The lowest BCUT2D eigenvalue weighted by atomic mass is 10.1. The van der Waals surface area contributed by atoms with Crippen LogP contribution in [0.15, 0.2) is 0 Å². The van der Waals surface area contributed by atoms with Gasteiger partial charge in [0.1, 0.15) is 0 Å². The van der Waals surface area contributed by atoms with Crippen LogP contribution in [0, 0.1) is 0 Å². The monoisotopic (exact) mass is 252 g/mol. The van der Waals surface area contributed by atoms with Gasteiger partial charge in [0.05, 0.1) is 0 Å². The molecule has 1 aliphatic rings. The largest absolute Gasteiger partial charge is 0.312 e. The number of likely N-dealkylation sites (N-methyl/N-ethyl adjacent to an activating group) is 1. The van der Waals surface area contributed by atoms with Gasteiger partial charge in [-0.05, 0) is 44.9 Å². The van der Waals surface area contributed by atoms with E-state index < -0.39 is 0 Å². The van der Waals surface area contributed by atoms with Gasteiger partial charge in [0.2, 0.25) is 0 Å². The van der Waals surface area contributed by atoms with E-state index in [1.54, 1.807) is 0 Å². The highest BCUT2D eigenvalue weighted by atomic mass is 35.5. The fraction of sp³-hybridized carbons (Fsp3) is 1.00. The van der Waals surface area contributed by atoms with E-state index in [1.165, 1.54) is 30.8 Å². The molecule has 1 heterocycles. The number of thioether (sulfide) groups is 1. The van der Waals surface area contributed by atoms with Crippen molar-refractivity contribution in [2.24, 2.45) is 0 Å². The molecule has 92 valence electrons. The van der Waals surface area contributed by atoms with Crippen LogP contribution in [0.25, 0.3) is 0 Å². The first-order chi connectivity index (χ1) is 6.74. The van der Waals surface area contributed by atoms with Crippen LogP contribution in [0.2, 0.25) is 0 Å². The molecular weight excluding hydrogens is 228 g/mol. The molecule has 0 aliphatic carbocycles. The normalized spacial score (nSPS) is 20.0. The molecule has 0 spiro atoms. The van der Waals surface area contributed by atoms with Crippen molar-refractivity contribution in [2.75, 3.05) is 32.1 Å². The number of halogens is 1. The molecule has 1 atom stereocenters. The van der Waals surface area contributed by atoms with Gasteiger partial charge in [-0.3, -0.25) is 0 Å². The lowest BCUT2D eigenvalue weighted by molar-refractivity contribution is 0.265. The van der Waals surface area contributed by atoms with Crippen LogP contribution in [-0.4, -0.2) is 49.1 Å². The van der Waals surface area contributed by atoms with Gasteiger partial charge in [0, 0.05) is 18.6 Å². The van der Waals surface area contributed by atoms with Crippen molar-refractivity contribution in [3.05, 3.63) is 0 Å². The molecule has 0 radical (unpaired) electrons. The molecule has 1 saturated heterocycles. The Balaban J connectivity index is 0.00000196. The third-order valence-electron chi connectivity index (χ3n) is 3.06. The van der Waals surface area contributed by atoms with E-state index in [2.05, 4.69) is 43.0 Å². The van der Waals surface area contributed by atoms with E-state index in [4.69, 9.17) is 0 Å². The van der Waals surface area contributed by atoms with Crippen LogP contribution in [0.5, 0.6) is 0 Å². The predicted molar refractivity (Wildman–Crippen MR) is 73.4 cm³/mol. The van der Waals surface area contributed by atoms with Crippen LogP contribution in [-0.2, 0) is 0 Å². The standard InChI is InChI=1S/C11H24N2S.ClH/c1-4-11(13(2)3)9-12-10-5-7-14-8-6-10;/h10-12H,4-9H2,1-3H3;1H. The van der Waals surface area contributed by atoms with Crippen molar-refractivity contribution in [3.8, 4) is 0 Å². The molecule has 0 aromatic heterocycles. The summed E-state index contributed by atoms with van der Waals surface area (Å²) in [5, 5.41) is 3.70. The van der Waals surface area contributed by atoms with E-state index in [9.17, 15) is 0 Å². The average Bonchev–Trinajstić information content (AvgIpc) is 2.20. The topological polar surface area (TPSA) is 15.3 Å². The van der Waals surface area contributed by atoms with Crippen LogP contribution in [0.3, 0.4) is 0 Å². The Morgan fingerprint density at radius 2 is 1.93 bits per heavy atom. The third-order valence-corrected chi connectivity index (χ3v) is 4.11. The summed E-state index contributed by atoms with van der Waals surface area (Å²) in [4.78, 5) is 2.32. The highest BCUT2D eigenvalue weighted by Crippen LogP contribution is 2.16. The SMILES string of the molecule is CCC(CNC1CCSCC1)N(C)C.Cl. The van der Waals surface area contributed by atoms with Crippen molar-refractivity contribution in [1.29, 1.82) is 0 Å². The highest BCUT2D eigenvalue weighted by molar-refractivity contribution is 7.99. The zero-order chi connectivity index (χ0) is 10.4. The van der Waals surface area contributed by atoms with Gasteiger partial charge in [0.25, 0.3) is 0 Å². The number of rotatable bonds is 5. The summed E-state index contributed by atoms with van der Waals surface area (Å²) >= 11 is 2.09. The quantitative estimate of drug-likeness (QED) is 0.808. The minimum Gasteiger partial charge on any atom is -0.312 e. The molecule has 1 fully saturated rings. The molecule has 2 nitrogen and oxygen atoms in total. The summed E-state index contributed by atoms with van der Waals surface area (Å²) in [6.45, 7) is 3.42. The summed E-state index contributed by atoms with van der Waals surface area (Å²) in [5.74, 6) is 2.69. The minimum absolute atomic E-state index is 0. The Morgan fingerprint density at radius 3 is 2.40 bits per heavy atom. The number of hydrogen-bond donors (Lipinski definition) is 1. The predicted octanol–water partition coefficient (Wildman–Crippen LogP) is 2.23. The first-order valence-electron chi connectivity index (χ1n) is 5.71. The molecule has 0 aromatic rings. The van der Waals surface area contributed by atoms with Crippen molar-refractivity contribution in [3.63, 3.8) is 0 Å². The second-order valence-electron chi connectivity index (χ2n) is 4.32. The van der Waals surface area contributed by atoms with Crippen LogP contribution < -0.4 is 5.32 Å². The van der Waals surface area contributed by atoms with E-state index >= 15 is 0 Å².